The van der Waals surface area contributed by atoms with Crippen LogP contribution in [-0.4, -0.2) is 17.5 Å². The van der Waals surface area contributed by atoms with E-state index in [-0.39, 0.29) is 11.5 Å². The van der Waals surface area contributed by atoms with Crippen molar-refractivity contribution in [2.45, 2.75) is 13.5 Å². The Hall–Kier alpha value is -3.70. The van der Waals surface area contributed by atoms with Crippen molar-refractivity contribution in [3.63, 3.8) is 0 Å². The Kier molecular flexibility index (Phi) is 5.35. The number of hydrogen-bond donors (Lipinski definition) is 0. The second kappa shape index (κ2) is 8.34. The Labute approximate surface area is 196 Å². The number of hydrogen-bond acceptors (Lipinski definition) is 4. The largest absolute Gasteiger partial charge is 0.497 e. The van der Waals surface area contributed by atoms with Gasteiger partial charge in [-0.2, -0.15) is 0 Å². The Bertz CT molecular complexity index is 1430. The van der Waals surface area contributed by atoms with Gasteiger partial charge in [-0.15, -0.1) is 0 Å². The van der Waals surface area contributed by atoms with Crippen molar-refractivity contribution in [2.75, 3.05) is 7.11 Å². The van der Waals surface area contributed by atoms with Crippen LogP contribution in [0.25, 0.3) is 17.0 Å². The van der Waals surface area contributed by atoms with Gasteiger partial charge in [0, 0.05) is 40.3 Å². The Balaban J connectivity index is 1.45. The molecule has 0 saturated heterocycles. The molecule has 166 valence electrons. The summed E-state index contributed by atoms with van der Waals surface area (Å²) < 4.78 is 19.4. The summed E-state index contributed by atoms with van der Waals surface area (Å²) in [6, 6.07) is 17.0. The lowest BCUT2D eigenvalue weighted by Crippen LogP contribution is -1.98. The Morgan fingerprint density at radius 2 is 1.97 bits per heavy atom. The zero-order valence-corrected chi connectivity index (χ0v) is 19.3. The lowest BCUT2D eigenvalue weighted by molar-refractivity contribution is 0.101. The molecular formula is C27H22ClNO4. The zero-order valence-electron chi connectivity index (χ0n) is 18.5. The number of halogens is 1. The van der Waals surface area contributed by atoms with Gasteiger partial charge in [-0.25, -0.2) is 0 Å². The van der Waals surface area contributed by atoms with Crippen molar-refractivity contribution >= 4 is 34.4 Å². The first-order chi connectivity index (χ1) is 15.9. The van der Waals surface area contributed by atoms with E-state index in [1.165, 1.54) is 0 Å². The van der Waals surface area contributed by atoms with Crippen molar-refractivity contribution in [2.24, 2.45) is 7.05 Å². The minimum atomic E-state index is -0.144. The van der Waals surface area contributed by atoms with E-state index in [2.05, 4.69) is 0 Å². The van der Waals surface area contributed by atoms with Gasteiger partial charge in [-0.05, 0) is 61.0 Å². The molecule has 3 aromatic carbocycles. The van der Waals surface area contributed by atoms with Crippen LogP contribution in [0.2, 0.25) is 5.02 Å². The number of benzene rings is 3. The summed E-state index contributed by atoms with van der Waals surface area (Å²) in [5.74, 6) is 2.10. The molecule has 5 nitrogen and oxygen atoms in total. The topological polar surface area (TPSA) is 49.7 Å². The van der Waals surface area contributed by atoms with Crippen LogP contribution < -0.4 is 14.2 Å². The molecule has 0 aliphatic carbocycles. The number of methoxy groups -OCH3 is 1. The van der Waals surface area contributed by atoms with Gasteiger partial charge in [0.15, 0.2) is 5.76 Å². The molecule has 0 amide bonds. The van der Waals surface area contributed by atoms with E-state index < -0.39 is 0 Å². The second-order valence-electron chi connectivity index (χ2n) is 8.00. The van der Waals surface area contributed by atoms with Gasteiger partial charge < -0.3 is 18.8 Å². The number of allylic oxidation sites excluding steroid dienone is 1. The number of nitrogens with zero attached hydrogens (tertiary/aromatic N) is 1. The van der Waals surface area contributed by atoms with Crippen LogP contribution >= 0.6 is 11.6 Å². The lowest BCUT2D eigenvalue weighted by Gasteiger charge is -2.11. The van der Waals surface area contributed by atoms with Crippen LogP contribution in [0, 0.1) is 6.92 Å². The minimum Gasteiger partial charge on any atom is -0.497 e. The summed E-state index contributed by atoms with van der Waals surface area (Å²) in [5.41, 5.74) is 4.21. The minimum absolute atomic E-state index is 0.144. The van der Waals surface area contributed by atoms with Gasteiger partial charge in [0.05, 0.1) is 12.7 Å². The maximum atomic E-state index is 13.1. The third-order valence-electron chi connectivity index (χ3n) is 5.83. The number of aromatic nitrogens is 1. The van der Waals surface area contributed by atoms with E-state index in [9.17, 15) is 4.79 Å². The first-order valence-electron chi connectivity index (χ1n) is 10.5. The first-order valence-corrected chi connectivity index (χ1v) is 10.9. The molecule has 1 aliphatic rings. The molecule has 0 spiro atoms. The highest BCUT2D eigenvalue weighted by Gasteiger charge is 2.30. The highest BCUT2D eigenvalue weighted by atomic mass is 35.5. The zero-order chi connectivity index (χ0) is 23.1. The van der Waals surface area contributed by atoms with Crippen LogP contribution in [0.15, 0.2) is 66.6 Å². The van der Waals surface area contributed by atoms with E-state index in [4.69, 9.17) is 25.8 Å². The Morgan fingerprint density at radius 3 is 2.76 bits per heavy atom. The molecule has 0 unspecified atom stereocenters. The van der Waals surface area contributed by atoms with E-state index in [0.717, 1.165) is 33.3 Å². The van der Waals surface area contributed by atoms with E-state index in [0.29, 0.717) is 28.7 Å². The number of fused-ring (bicyclic) bond motifs is 2. The quantitative estimate of drug-likeness (QED) is 0.326. The third kappa shape index (κ3) is 3.85. The van der Waals surface area contributed by atoms with Crippen molar-refractivity contribution in [1.29, 1.82) is 0 Å². The smallest absolute Gasteiger partial charge is 0.231 e. The number of carbonyl (C=O) groups is 1. The van der Waals surface area contributed by atoms with Crippen molar-refractivity contribution in [3.8, 4) is 17.2 Å². The molecule has 0 N–H and O–H groups in total. The summed E-state index contributed by atoms with van der Waals surface area (Å²) in [7, 11) is 3.61. The van der Waals surface area contributed by atoms with Crippen LogP contribution in [0.3, 0.4) is 0 Å². The van der Waals surface area contributed by atoms with Gasteiger partial charge in [-0.1, -0.05) is 23.7 Å². The molecule has 33 heavy (non-hydrogen) atoms. The van der Waals surface area contributed by atoms with Crippen LogP contribution in [0.4, 0.5) is 0 Å². The molecule has 1 aromatic heterocycles. The average molecular weight is 460 g/mol. The molecule has 4 aromatic rings. The molecule has 0 fully saturated rings. The highest BCUT2D eigenvalue weighted by molar-refractivity contribution is 6.30. The van der Waals surface area contributed by atoms with Gasteiger partial charge >= 0.3 is 0 Å². The molecule has 6 heteroatoms. The summed E-state index contributed by atoms with van der Waals surface area (Å²) in [4.78, 5) is 13.1. The number of carbonyl (C=O) groups excluding carboxylic acids is 1. The van der Waals surface area contributed by atoms with Crippen molar-refractivity contribution in [3.05, 3.63) is 93.8 Å². The fraction of sp³-hybridized carbons (Fsp3) is 0.148. The monoisotopic (exact) mass is 459 g/mol. The third-order valence-corrected chi connectivity index (χ3v) is 6.07. The van der Waals surface area contributed by atoms with Gasteiger partial charge in [0.25, 0.3) is 0 Å². The average Bonchev–Trinajstić information content (AvgIpc) is 3.30. The SMILES string of the molecule is COc1ccc2c(c1)c(C=C1Oc3c(ccc(OCc4cccc(Cl)c4)c3C)C1=O)cn2C. The molecular weight excluding hydrogens is 438 g/mol. The van der Waals surface area contributed by atoms with Gasteiger partial charge in [0.2, 0.25) is 5.78 Å². The van der Waals surface area contributed by atoms with Gasteiger partial charge in [-0.3, -0.25) is 4.79 Å². The molecule has 0 saturated carbocycles. The van der Waals surface area contributed by atoms with Crippen molar-refractivity contribution in [1.82, 2.24) is 4.57 Å². The molecule has 0 atom stereocenters. The van der Waals surface area contributed by atoms with E-state index in [1.807, 2.05) is 73.3 Å². The maximum Gasteiger partial charge on any atom is 0.231 e. The maximum absolute atomic E-state index is 13.1. The number of Topliss-reactive ketones (excluding diaryl/α,β-unsaturated/α-hetero) is 1. The van der Waals surface area contributed by atoms with E-state index in [1.54, 1.807) is 19.3 Å². The fourth-order valence-electron chi connectivity index (χ4n) is 4.10. The van der Waals surface area contributed by atoms with Gasteiger partial charge in [0.1, 0.15) is 23.9 Å². The Morgan fingerprint density at radius 1 is 1.12 bits per heavy atom. The molecule has 2 heterocycles. The summed E-state index contributed by atoms with van der Waals surface area (Å²) in [6.45, 7) is 2.26. The fourth-order valence-corrected chi connectivity index (χ4v) is 4.31. The normalized spacial score (nSPS) is 13.9. The molecule has 0 bridgehead atoms. The van der Waals surface area contributed by atoms with E-state index >= 15 is 0 Å². The summed E-state index contributed by atoms with van der Waals surface area (Å²) >= 11 is 6.06. The highest BCUT2D eigenvalue weighted by Crippen LogP contribution is 2.40. The predicted molar refractivity (Wildman–Crippen MR) is 129 cm³/mol. The van der Waals surface area contributed by atoms with Crippen LogP contribution in [0.5, 0.6) is 17.2 Å². The predicted octanol–water partition coefficient (Wildman–Crippen LogP) is 6.34. The number of aryl methyl sites for hydroxylation is 1. The number of ether oxygens (including phenoxy) is 3. The lowest BCUT2D eigenvalue weighted by atomic mass is 10.1. The summed E-state index contributed by atoms with van der Waals surface area (Å²) in [5, 5.41) is 1.65. The molecule has 0 radical (unpaired) electrons. The first kappa shape index (κ1) is 21.2. The van der Waals surface area contributed by atoms with Crippen LogP contribution in [-0.2, 0) is 13.7 Å². The number of rotatable bonds is 5. The van der Waals surface area contributed by atoms with Crippen molar-refractivity contribution < 1.29 is 19.0 Å². The standard InChI is InChI=1S/C27H22ClNO4/c1-16-24(32-15-17-5-4-6-19(28)11-17)10-8-21-26(30)25(33-27(16)21)12-18-14-29(2)23-9-7-20(31-3)13-22(18)23/h4-14H,15H2,1-3H3. The molecule has 5 rings (SSSR count). The number of ketones is 1. The molecule has 1 aliphatic heterocycles. The van der Waals surface area contributed by atoms with Crippen LogP contribution in [0.1, 0.15) is 27.0 Å². The second-order valence-corrected chi connectivity index (χ2v) is 8.44. The summed E-state index contributed by atoms with van der Waals surface area (Å²) in [6.07, 6.45) is 3.76.